The zero-order valence-corrected chi connectivity index (χ0v) is 7.14. The smallest absolute Gasteiger partial charge is 0.302 e. The highest BCUT2D eigenvalue weighted by Crippen LogP contribution is 1.71. The van der Waals surface area contributed by atoms with Crippen molar-refractivity contribution in [3.8, 4) is 0 Å². The molecule has 0 rings (SSSR count). The molecule has 70 valence electrons. The molecule has 3 N–H and O–H groups in total. The van der Waals surface area contributed by atoms with E-state index in [1.165, 1.54) is 0 Å². The minimum absolute atomic E-state index is 0.0861. The van der Waals surface area contributed by atoms with Crippen LogP contribution >= 0.6 is 0 Å². The maximum absolute atomic E-state index is 10.6. The molecular formula is C4H9N3O4S. The molecule has 8 heteroatoms. The Kier molecular flexibility index (Phi) is 4.22. The van der Waals surface area contributed by atoms with Gasteiger partial charge >= 0.3 is 6.03 Å². The molecule has 0 spiro atoms. The number of hydrazine groups is 1. The van der Waals surface area contributed by atoms with Crippen molar-refractivity contribution < 1.29 is 18.0 Å². The Morgan fingerprint density at radius 2 is 2.08 bits per heavy atom. The number of hydrogen-bond donors (Lipinski definition) is 3. The van der Waals surface area contributed by atoms with Crippen LogP contribution in [0.1, 0.15) is 0 Å². The summed E-state index contributed by atoms with van der Waals surface area (Å²) >= 11 is 0. The third kappa shape index (κ3) is 6.96. The molecular weight excluding hydrogens is 186 g/mol. The van der Waals surface area contributed by atoms with Gasteiger partial charge in [0.25, 0.3) is 0 Å². The van der Waals surface area contributed by atoms with Crippen LogP contribution in [0.5, 0.6) is 0 Å². The third-order valence-corrected chi connectivity index (χ3v) is 1.22. The molecule has 0 bridgehead atoms. The molecule has 0 aliphatic carbocycles. The first kappa shape index (κ1) is 10.8. The molecule has 0 aliphatic heterocycles. The molecule has 0 aromatic heterocycles. The molecule has 0 saturated heterocycles. The monoisotopic (exact) mass is 195 g/mol. The van der Waals surface area contributed by atoms with E-state index in [4.69, 9.17) is 0 Å². The van der Waals surface area contributed by atoms with E-state index in [-0.39, 0.29) is 6.54 Å². The zero-order valence-electron chi connectivity index (χ0n) is 6.33. The molecule has 0 saturated carbocycles. The van der Waals surface area contributed by atoms with Crippen LogP contribution in [0.25, 0.3) is 0 Å². The Balaban J connectivity index is 3.68. The van der Waals surface area contributed by atoms with E-state index in [9.17, 15) is 18.0 Å². The SMILES string of the molecule is CS(=O)(=O)NC(=O)NNCC=O. The minimum Gasteiger partial charge on any atom is -0.302 e. The highest BCUT2D eigenvalue weighted by molar-refractivity contribution is 7.89. The van der Waals surface area contributed by atoms with Crippen LogP contribution in [0.3, 0.4) is 0 Å². The van der Waals surface area contributed by atoms with Crippen molar-refractivity contribution in [3.63, 3.8) is 0 Å². The van der Waals surface area contributed by atoms with E-state index in [0.717, 1.165) is 6.26 Å². The summed E-state index contributed by atoms with van der Waals surface area (Å²) < 4.78 is 22.4. The van der Waals surface area contributed by atoms with Gasteiger partial charge in [0, 0.05) is 0 Å². The van der Waals surface area contributed by atoms with Gasteiger partial charge in [-0.3, -0.25) is 5.43 Å². The summed E-state index contributed by atoms with van der Waals surface area (Å²) in [4.78, 5) is 20.3. The van der Waals surface area contributed by atoms with Crippen LogP contribution in [-0.2, 0) is 14.8 Å². The van der Waals surface area contributed by atoms with E-state index >= 15 is 0 Å². The number of sulfonamides is 1. The quantitative estimate of drug-likeness (QED) is 0.272. The second kappa shape index (κ2) is 4.67. The van der Waals surface area contributed by atoms with Crippen LogP contribution in [0.4, 0.5) is 4.79 Å². The van der Waals surface area contributed by atoms with Crippen molar-refractivity contribution in [1.29, 1.82) is 0 Å². The molecule has 0 radical (unpaired) electrons. The Labute approximate surface area is 69.5 Å². The molecule has 0 atom stereocenters. The second-order valence-corrected chi connectivity index (χ2v) is 3.62. The van der Waals surface area contributed by atoms with E-state index in [2.05, 4.69) is 5.43 Å². The highest BCUT2D eigenvalue weighted by atomic mass is 32.2. The number of rotatable bonds is 4. The molecule has 0 aliphatic rings. The summed E-state index contributed by atoms with van der Waals surface area (Å²) in [7, 11) is -3.55. The van der Waals surface area contributed by atoms with Gasteiger partial charge in [0.1, 0.15) is 6.29 Å². The molecule has 0 fully saturated rings. The average molecular weight is 195 g/mol. The standard InChI is InChI=1S/C4H9N3O4S/c1-12(10,11)7-4(9)6-5-2-3-8/h3,5H,2H2,1H3,(H2,6,7,9). The van der Waals surface area contributed by atoms with E-state index < -0.39 is 16.1 Å². The van der Waals surface area contributed by atoms with E-state index in [0.29, 0.717) is 6.29 Å². The lowest BCUT2D eigenvalue weighted by atomic mass is 10.8. The summed E-state index contributed by atoms with van der Waals surface area (Å²) in [5.74, 6) is 0. The van der Waals surface area contributed by atoms with Crippen molar-refractivity contribution in [2.45, 2.75) is 0 Å². The van der Waals surface area contributed by atoms with Crippen molar-refractivity contribution in [2.24, 2.45) is 0 Å². The summed E-state index contributed by atoms with van der Waals surface area (Å²) in [6.07, 6.45) is 1.35. The van der Waals surface area contributed by atoms with Gasteiger partial charge in [-0.1, -0.05) is 0 Å². The number of nitrogens with one attached hydrogen (secondary N) is 3. The fraction of sp³-hybridized carbons (Fsp3) is 0.500. The number of carbonyl (C=O) groups is 2. The van der Waals surface area contributed by atoms with Crippen LogP contribution in [-0.4, -0.2) is 33.5 Å². The summed E-state index contributed by atoms with van der Waals surface area (Å²) in [6.45, 7) is -0.0861. The first-order valence-electron chi connectivity index (χ1n) is 2.90. The summed E-state index contributed by atoms with van der Waals surface area (Å²) in [5, 5.41) is 0. The number of carbonyl (C=O) groups excluding carboxylic acids is 2. The van der Waals surface area contributed by atoms with Crippen molar-refractivity contribution in [1.82, 2.24) is 15.6 Å². The third-order valence-electron chi connectivity index (χ3n) is 0.665. The van der Waals surface area contributed by atoms with Gasteiger partial charge in [-0.25, -0.2) is 23.4 Å². The molecule has 0 unspecified atom stereocenters. The van der Waals surface area contributed by atoms with Gasteiger partial charge in [0.05, 0.1) is 12.8 Å². The second-order valence-electron chi connectivity index (χ2n) is 1.88. The highest BCUT2D eigenvalue weighted by Gasteiger charge is 2.05. The Hall–Kier alpha value is -1.15. The van der Waals surface area contributed by atoms with Crippen LogP contribution in [0.2, 0.25) is 0 Å². The molecule has 0 aromatic rings. The Morgan fingerprint density at radius 3 is 2.50 bits per heavy atom. The fourth-order valence-electron chi connectivity index (χ4n) is 0.367. The van der Waals surface area contributed by atoms with E-state index in [1.54, 1.807) is 4.72 Å². The summed E-state index contributed by atoms with van der Waals surface area (Å²) in [6, 6.07) is -0.931. The number of hydrogen-bond acceptors (Lipinski definition) is 5. The normalized spacial score (nSPS) is 10.4. The lowest BCUT2D eigenvalue weighted by Crippen LogP contribution is -2.46. The lowest BCUT2D eigenvalue weighted by molar-refractivity contribution is -0.107. The molecule has 0 heterocycles. The maximum atomic E-state index is 10.6. The predicted octanol–water partition coefficient (Wildman–Crippen LogP) is -2.05. The van der Waals surface area contributed by atoms with Gasteiger partial charge in [-0.2, -0.15) is 0 Å². The van der Waals surface area contributed by atoms with E-state index in [1.807, 2.05) is 5.43 Å². The van der Waals surface area contributed by atoms with Gasteiger partial charge in [0.2, 0.25) is 10.0 Å². The van der Waals surface area contributed by atoms with Crippen LogP contribution < -0.4 is 15.6 Å². The van der Waals surface area contributed by atoms with Gasteiger partial charge in [-0.05, 0) is 0 Å². The molecule has 7 nitrogen and oxygen atoms in total. The van der Waals surface area contributed by atoms with Crippen molar-refractivity contribution in [3.05, 3.63) is 0 Å². The number of urea groups is 1. The maximum Gasteiger partial charge on any atom is 0.342 e. The first-order valence-corrected chi connectivity index (χ1v) is 4.79. The van der Waals surface area contributed by atoms with Gasteiger partial charge < -0.3 is 4.79 Å². The summed E-state index contributed by atoms with van der Waals surface area (Å²) in [5.41, 5.74) is 4.09. The lowest BCUT2D eigenvalue weighted by Gasteiger charge is -2.03. The first-order chi connectivity index (χ1) is 5.45. The topological polar surface area (TPSA) is 104 Å². The largest absolute Gasteiger partial charge is 0.342 e. The number of aldehydes is 1. The Morgan fingerprint density at radius 1 is 1.50 bits per heavy atom. The average Bonchev–Trinajstić information content (AvgIpc) is 1.84. The fourth-order valence-corrected chi connectivity index (χ4v) is 0.755. The van der Waals surface area contributed by atoms with Gasteiger partial charge in [-0.15, -0.1) is 0 Å². The minimum atomic E-state index is -3.55. The number of amides is 2. The van der Waals surface area contributed by atoms with Gasteiger partial charge in [0.15, 0.2) is 0 Å². The molecule has 12 heavy (non-hydrogen) atoms. The van der Waals surface area contributed by atoms with Crippen molar-refractivity contribution in [2.75, 3.05) is 12.8 Å². The van der Waals surface area contributed by atoms with Crippen LogP contribution in [0, 0.1) is 0 Å². The molecule has 0 aromatic carbocycles. The predicted molar refractivity (Wildman–Crippen MR) is 40.6 cm³/mol. The van der Waals surface area contributed by atoms with Crippen LogP contribution in [0.15, 0.2) is 0 Å². The molecule has 2 amide bonds. The zero-order chi connectivity index (χ0) is 9.61. The van der Waals surface area contributed by atoms with Crippen molar-refractivity contribution >= 4 is 22.3 Å². The Bertz CT molecular complexity index is 259.